The van der Waals surface area contributed by atoms with Crippen LogP contribution in [0.25, 0.3) is 0 Å². The van der Waals surface area contributed by atoms with E-state index < -0.39 is 7.84 Å². The molecule has 0 radical (unpaired) electrons. The van der Waals surface area contributed by atoms with Crippen molar-refractivity contribution in [2.75, 3.05) is 0 Å². The Balaban J connectivity index is 3.56. The topological polar surface area (TPSA) is 0 Å². The van der Waals surface area contributed by atoms with Crippen LogP contribution in [0.15, 0.2) is 0 Å². The summed E-state index contributed by atoms with van der Waals surface area (Å²) in [6, 6.07) is 0. The molecule has 0 amide bonds. The van der Waals surface area contributed by atoms with Crippen LogP contribution in [0.1, 0.15) is 0 Å². The lowest BCUT2D eigenvalue weighted by atomic mass is 11.7. The fourth-order valence-electron chi connectivity index (χ4n) is 0.0945. The van der Waals surface area contributed by atoms with Crippen molar-refractivity contribution in [2.24, 2.45) is 0 Å². The normalized spacial score (nSPS) is 13.8. The van der Waals surface area contributed by atoms with E-state index in [1.165, 1.54) is 0 Å². The molecule has 0 fully saturated rings. The molecule has 62 valence electrons. The Labute approximate surface area is 84.3 Å². The van der Waals surface area contributed by atoms with Crippen LogP contribution in [0.2, 0.25) is 0 Å². The molecule has 0 aliphatic heterocycles. The largest absolute Gasteiger partial charge is 0.314 e. The van der Waals surface area contributed by atoms with E-state index in [0.717, 1.165) is 0 Å². The zero-order chi connectivity index (χ0) is 8.41. The molecule has 0 atom stereocenters. The lowest BCUT2D eigenvalue weighted by Crippen LogP contribution is -1.98. The predicted molar refractivity (Wildman–Crippen MR) is 46.3 cm³/mol. The molecule has 0 saturated heterocycles. The van der Waals surface area contributed by atoms with E-state index >= 15 is 0 Å². The lowest BCUT2D eigenvalue weighted by molar-refractivity contribution is 0.513. The zero-order valence-corrected chi connectivity index (χ0v) is 8.74. The van der Waals surface area contributed by atoms with Crippen molar-refractivity contribution < 1.29 is 8.78 Å². The van der Waals surface area contributed by atoms with Gasteiger partial charge in [-0.1, -0.05) is 46.4 Å². The monoisotopic (exact) mass is 266 g/mol. The van der Waals surface area contributed by atoms with Crippen molar-refractivity contribution in [1.82, 2.24) is 0 Å². The molecule has 0 unspecified atom stereocenters. The van der Waals surface area contributed by atoms with Gasteiger partial charge in [-0.05, 0) is 21.6 Å². The van der Waals surface area contributed by atoms with Gasteiger partial charge in [-0.25, -0.2) is 0 Å². The highest BCUT2D eigenvalue weighted by atomic mass is 35.5. The number of hydrogen-bond donors (Lipinski definition) is 0. The summed E-state index contributed by atoms with van der Waals surface area (Å²) in [6.07, 6.45) is 0. The first-order valence-corrected chi connectivity index (χ1v) is 5.37. The van der Waals surface area contributed by atoms with Gasteiger partial charge < -0.3 is 0 Å². The first-order valence-electron chi connectivity index (χ1n) is 1.71. The van der Waals surface area contributed by atoms with Crippen LogP contribution in [0, 0.1) is 0 Å². The van der Waals surface area contributed by atoms with Gasteiger partial charge >= 0.3 is 7.84 Å². The second-order valence-electron chi connectivity index (χ2n) is 1.06. The first-order chi connectivity index (χ1) is 4.21. The van der Waals surface area contributed by atoms with E-state index in [1.54, 1.807) is 0 Å². The second kappa shape index (κ2) is 4.10. The Hall–Kier alpha value is 1.72. The highest BCUT2D eigenvalue weighted by molar-refractivity contribution is 8.78. The van der Waals surface area contributed by atoms with Crippen LogP contribution in [-0.4, -0.2) is 7.84 Å². The third-order valence-electron chi connectivity index (χ3n) is 0.231. The fourth-order valence-corrected chi connectivity index (χ4v) is 1.98. The molecule has 0 spiro atoms. The summed E-state index contributed by atoms with van der Waals surface area (Å²) in [5, 5.41) is 0. The molecule has 8 heteroatoms. The van der Waals surface area contributed by atoms with Crippen LogP contribution in [-0.2, 0) is 0 Å². The summed E-state index contributed by atoms with van der Waals surface area (Å²) < 4.78 is 19.1. The molecule has 0 rings (SSSR count). The third kappa shape index (κ3) is 9.72. The number of halogens is 6. The van der Waals surface area contributed by atoms with Crippen molar-refractivity contribution in [3.63, 3.8) is 0 Å². The Morgan fingerprint density at radius 1 is 0.800 bits per heavy atom. The Morgan fingerprint density at radius 2 is 1.00 bits per heavy atom. The third-order valence-corrected chi connectivity index (χ3v) is 4.34. The van der Waals surface area contributed by atoms with E-state index in [-0.39, 0.29) is 21.6 Å². The summed E-state index contributed by atoms with van der Waals surface area (Å²) >= 11 is 19.2. The average Bonchev–Trinajstić information content (AvgIpc) is 1.57. The minimum atomic E-state index is -2.58. The SMILES string of the molecule is FC(Cl)(Cl)SSC(F)(Cl)Cl. The molecular formula is C2Cl4F2S2. The van der Waals surface area contributed by atoms with Gasteiger partial charge in [0, 0.05) is 0 Å². The summed E-state index contributed by atoms with van der Waals surface area (Å²) in [7, 11) is 0.365. The molecule has 0 aromatic heterocycles. The smallest absolute Gasteiger partial charge is 0.194 e. The zero-order valence-electron chi connectivity index (χ0n) is 4.08. The van der Waals surface area contributed by atoms with Crippen molar-refractivity contribution in [3.05, 3.63) is 0 Å². The van der Waals surface area contributed by atoms with E-state index in [0.29, 0.717) is 0 Å². The minimum absolute atomic E-state index is 0.182. The molecule has 10 heavy (non-hydrogen) atoms. The van der Waals surface area contributed by atoms with Gasteiger partial charge in [-0.15, -0.1) is 0 Å². The first kappa shape index (κ1) is 11.7. The molecular weight excluding hydrogens is 268 g/mol. The average molecular weight is 268 g/mol. The van der Waals surface area contributed by atoms with Gasteiger partial charge in [0.1, 0.15) is 0 Å². The van der Waals surface area contributed by atoms with Gasteiger partial charge in [0.2, 0.25) is 0 Å². The summed E-state index contributed by atoms with van der Waals surface area (Å²) in [4.78, 5) is 0. The van der Waals surface area contributed by atoms with Crippen LogP contribution in [0.4, 0.5) is 8.78 Å². The Bertz CT molecular complexity index is 92.8. The van der Waals surface area contributed by atoms with Crippen LogP contribution < -0.4 is 0 Å². The van der Waals surface area contributed by atoms with Crippen molar-refractivity contribution in [1.29, 1.82) is 0 Å². The van der Waals surface area contributed by atoms with Crippen LogP contribution >= 0.6 is 68.0 Å². The van der Waals surface area contributed by atoms with E-state index in [9.17, 15) is 8.78 Å². The highest BCUT2D eigenvalue weighted by Gasteiger charge is 2.32. The van der Waals surface area contributed by atoms with Crippen molar-refractivity contribution in [2.45, 2.75) is 7.84 Å². The predicted octanol–water partition coefficient (Wildman–Crippen LogP) is 4.48. The van der Waals surface area contributed by atoms with Gasteiger partial charge in [0.25, 0.3) is 0 Å². The molecule has 0 aromatic carbocycles. The number of alkyl halides is 6. The molecule has 0 heterocycles. The Kier molecular flexibility index (Phi) is 4.80. The van der Waals surface area contributed by atoms with Gasteiger partial charge in [-0.2, -0.15) is 8.78 Å². The van der Waals surface area contributed by atoms with Crippen LogP contribution in [0.5, 0.6) is 0 Å². The molecule has 0 N–H and O–H groups in total. The maximum absolute atomic E-state index is 12.1. The molecule has 0 aromatic rings. The molecule has 0 saturated carbocycles. The fraction of sp³-hybridized carbons (Fsp3) is 1.00. The molecule has 0 aliphatic rings. The summed E-state index contributed by atoms with van der Waals surface area (Å²) in [6.45, 7) is 0. The van der Waals surface area contributed by atoms with Gasteiger partial charge in [-0.3, -0.25) is 0 Å². The van der Waals surface area contributed by atoms with Crippen LogP contribution in [0.3, 0.4) is 0 Å². The van der Waals surface area contributed by atoms with E-state index in [4.69, 9.17) is 46.4 Å². The van der Waals surface area contributed by atoms with Crippen molar-refractivity contribution >= 4 is 68.0 Å². The second-order valence-corrected chi connectivity index (χ2v) is 6.88. The standard InChI is InChI=1S/C2Cl4F2S2/c3-1(4,7)9-10-2(5,6)8. The number of rotatable bonds is 3. The summed E-state index contributed by atoms with van der Waals surface area (Å²) in [5.74, 6) is 0. The van der Waals surface area contributed by atoms with Gasteiger partial charge in [0.15, 0.2) is 0 Å². The number of hydrogen-bond acceptors (Lipinski definition) is 2. The maximum atomic E-state index is 12.1. The minimum Gasteiger partial charge on any atom is -0.194 e. The lowest BCUT2D eigenvalue weighted by Gasteiger charge is -2.10. The van der Waals surface area contributed by atoms with E-state index in [1.807, 2.05) is 0 Å². The Morgan fingerprint density at radius 3 is 1.10 bits per heavy atom. The van der Waals surface area contributed by atoms with Gasteiger partial charge in [0.05, 0.1) is 0 Å². The van der Waals surface area contributed by atoms with E-state index in [2.05, 4.69) is 0 Å². The highest BCUT2D eigenvalue weighted by Crippen LogP contribution is 2.52. The van der Waals surface area contributed by atoms with Crippen molar-refractivity contribution in [3.8, 4) is 0 Å². The quantitative estimate of drug-likeness (QED) is 0.546. The maximum Gasteiger partial charge on any atom is 0.314 e. The molecule has 0 nitrogen and oxygen atoms in total. The molecule has 0 bridgehead atoms. The molecule has 0 aliphatic carbocycles. The summed E-state index contributed by atoms with van der Waals surface area (Å²) in [5.41, 5.74) is 0.